The van der Waals surface area contributed by atoms with Crippen LogP contribution in [0, 0.1) is 0 Å². The molecule has 1 aromatic heterocycles. The van der Waals surface area contributed by atoms with Gasteiger partial charge in [-0.15, -0.1) is 0 Å². The van der Waals surface area contributed by atoms with E-state index in [1.165, 1.54) is 5.32 Å². The molecule has 5 nitrogen and oxygen atoms in total. The van der Waals surface area contributed by atoms with Crippen molar-refractivity contribution in [2.24, 2.45) is 0 Å². The van der Waals surface area contributed by atoms with Crippen molar-refractivity contribution in [3.05, 3.63) is 10.3 Å². The van der Waals surface area contributed by atoms with Gasteiger partial charge >= 0.3 is 12.1 Å². The zero-order valence-electron chi connectivity index (χ0n) is 7.27. The van der Waals surface area contributed by atoms with Crippen LogP contribution in [0.15, 0.2) is 0 Å². The van der Waals surface area contributed by atoms with Crippen LogP contribution in [0.1, 0.15) is 0 Å². The minimum absolute atomic E-state index is 0.319. The van der Waals surface area contributed by atoms with Crippen LogP contribution in [-0.4, -0.2) is 22.1 Å². The number of rotatable bonds is 1. The third-order valence-electron chi connectivity index (χ3n) is 1.33. The summed E-state index contributed by atoms with van der Waals surface area (Å²) < 4.78 is 35.7. The summed E-state index contributed by atoms with van der Waals surface area (Å²) >= 11 is 10.9. The van der Waals surface area contributed by atoms with E-state index in [0.717, 1.165) is 0 Å². The first-order valence-corrected chi connectivity index (χ1v) is 4.34. The van der Waals surface area contributed by atoms with Crippen molar-refractivity contribution in [1.29, 1.82) is 0 Å². The fourth-order valence-corrected chi connectivity index (χ4v) is 1.21. The average molecular weight is 275 g/mol. The molecule has 0 bridgehead atoms. The number of hydrogen-bond donors (Lipinski definition) is 2. The summed E-state index contributed by atoms with van der Waals surface area (Å²) in [5.41, 5.74) is 4.58. The quantitative estimate of drug-likeness (QED) is 0.766. The van der Waals surface area contributed by atoms with E-state index in [0.29, 0.717) is 0 Å². The number of halogens is 5. The maximum atomic E-state index is 11.9. The molecule has 0 fully saturated rings. The number of carbonyl (C=O) groups is 1. The molecule has 0 spiro atoms. The van der Waals surface area contributed by atoms with E-state index < -0.39 is 28.1 Å². The van der Waals surface area contributed by atoms with Gasteiger partial charge in [0.2, 0.25) is 5.95 Å². The van der Waals surface area contributed by atoms with E-state index >= 15 is 0 Å². The van der Waals surface area contributed by atoms with Gasteiger partial charge in [0.25, 0.3) is 0 Å². The van der Waals surface area contributed by atoms with Gasteiger partial charge in [-0.3, -0.25) is 4.79 Å². The fraction of sp³-hybridized carbons (Fsp3) is 0.167. The number of alkyl halides is 3. The van der Waals surface area contributed by atoms with Crippen LogP contribution in [0.5, 0.6) is 0 Å². The largest absolute Gasteiger partial charge is 0.471 e. The Balaban J connectivity index is 3.03. The maximum Gasteiger partial charge on any atom is 0.471 e. The Kier molecular flexibility index (Phi) is 3.44. The zero-order valence-corrected chi connectivity index (χ0v) is 8.78. The summed E-state index contributed by atoms with van der Waals surface area (Å²) in [6.07, 6.45) is -5.06. The highest BCUT2D eigenvalue weighted by atomic mass is 35.5. The summed E-state index contributed by atoms with van der Waals surface area (Å²) in [7, 11) is 0. The van der Waals surface area contributed by atoms with Gasteiger partial charge in [-0.1, -0.05) is 23.2 Å². The van der Waals surface area contributed by atoms with Crippen LogP contribution in [0.4, 0.5) is 24.8 Å². The number of nitrogens with two attached hydrogens (primary N) is 1. The lowest BCUT2D eigenvalue weighted by Crippen LogP contribution is -2.30. The Hall–Kier alpha value is -1.28. The van der Waals surface area contributed by atoms with E-state index in [2.05, 4.69) is 9.97 Å². The lowest BCUT2D eigenvalue weighted by Gasteiger charge is -2.09. The SMILES string of the molecule is Nc1nc(Cl)c(NC(=O)C(F)(F)F)c(Cl)n1. The molecule has 0 atom stereocenters. The van der Waals surface area contributed by atoms with Crippen molar-refractivity contribution in [2.45, 2.75) is 6.18 Å². The van der Waals surface area contributed by atoms with Gasteiger partial charge in [-0.25, -0.2) is 0 Å². The number of nitrogen functional groups attached to an aromatic ring is 1. The van der Waals surface area contributed by atoms with E-state index in [4.69, 9.17) is 28.9 Å². The highest BCUT2D eigenvalue weighted by Crippen LogP contribution is 2.29. The zero-order chi connectivity index (χ0) is 12.5. The molecule has 1 heterocycles. The average Bonchev–Trinajstić information content (AvgIpc) is 2.08. The number of amides is 1. The van der Waals surface area contributed by atoms with Gasteiger partial charge in [0, 0.05) is 0 Å². The van der Waals surface area contributed by atoms with Crippen molar-refractivity contribution < 1.29 is 18.0 Å². The fourth-order valence-electron chi connectivity index (χ4n) is 0.711. The van der Waals surface area contributed by atoms with Crippen LogP contribution < -0.4 is 11.1 Å². The summed E-state index contributed by atoms with van der Waals surface area (Å²) in [6, 6.07) is 0. The molecule has 16 heavy (non-hydrogen) atoms. The van der Waals surface area contributed by atoms with Crippen LogP contribution >= 0.6 is 23.2 Å². The molecule has 0 aliphatic rings. The van der Waals surface area contributed by atoms with Gasteiger partial charge in [0.1, 0.15) is 5.69 Å². The van der Waals surface area contributed by atoms with Crippen LogP contribution in [0.25, 0.3) is 0 Å². The summed E-state index contributed by atoms with van der Waals surface area (Å²) in [4.78, 5) is 17.3. The Labute approximate surface area is 96.8 Å². The van der Waals surface area contributed by atoms with E-state index in [-0.39, 0.29) is 5.95 Å². The number of hydrogen-bond acceptors (Lipinski definition) is 4. The summed E-state index contributed by atoms with van der Waals surface area (Å²) in [5, 5.41) is 0.484. The van der Waals surface area contributed by atoms with Gasteiger partial charge < -0.3 is 11.1 Å². The molecular formula is C6H3Cl2F3N4O. The first kappa shape index (κ1) is 12.8. The van der Waals surface area contributed by atoms with Crippen molar-refractivity contribution in [3.8, 4) is 0 Å². The van der Waals surface area contributed by atoms with E-state index in [1.807, 2.05) is 0 Å². The first-order valence-electron chi connectivity index (χ1n) is 3.58. The van der Waals surface area contributed by atoms with Crippen LogP contribution in [0.3, 0.4) is 0 Å². The van der Waals surface area contributed by atoms with E-state index in [9.17, 15) is 18.0 Å². The second-order valence-corrected chi connectivity index (χ2v) is 3.21. The summed E-state index contributed by atoms with van der Waals surface area (Å²) in [6.45, 7) is 0. The molecule has 0 saturated heterocycles. The van der Waals surface area contributed by atoms with Gasteiger partial charge in [-0.2, -0.15) is 23.1 Å². The Morgan fingerprint density at radius 2 is 1.69 bits per heavy atom. The Bertz CT molecular complexity index is 413. The van der Waals surface area contributed by atoms with Crippen LogP contribution in [-0.2, 0) is 4.79 Å². The molecule has 88 valence electrons. The molecule has 0 aliphatic carbocycles. The predicted octanol–water partition coefficient (Wildman–Crippen LogP) is 1.87. The number of carbonyl (C=O) groups excluding carboxylic acids is 1. The van der Waals surface area contributed by atoms with Crippen LogP contribution in [0.2, 0.25) is 10.3 Å². The summed E-state index contributed by atoms with van der Waals surface area (Å²) in [5.74, 6) is -2.55. The maximum absolute atomic E-state index is 11.9. The second kappa shape index (κ2) is 4.30. The first-order chi connectivity index (χ1) is 7.21. The normalized spacial score (nSPS) is 11.3. The van der Waals surface area contributed by atoms with Crippen molar-refractivity contribution in [3.63, 3.8) is 0 Å². The molecule has 0 aliphatic heterocycles. The lowest BCUT2D eigenvalue weighted by molar-refractivity contribution is -0.167. The highest BCUT2D eigenvalue weighted by Gasteiger charge is 2.39. The van der Waals surface area contributed by atoms with E-state index in [1.54, 1.807) is 0 Å². The second-order valence-electron chi connectivity index (χ2n) is 2.49. The third-order valence-corrected chi connectivity index (χ3v) is 1.88. The smallest absolute Gasteiger partial charge is 0.368 e. The molecule has 1 aromatic rings. The van der Waals surface area contributed by atoms with Gasteiger partial charge in [-0.05, 0) is 0 Å². The molecule has 0 unspecified atom stereocenters. The third kappa shape index (κ3) is 2.86. The Morgan fingerprint density at radius 1 is 1.25 bits per heavy atom. The number of anilines is 2. The van der Waals surface area contributed by atoms with Gasteiger partial charge in [0.15, 0.2) is 10.3 Å². The number of nitrogens with one attached hydrogen (secondary N) is 1. The van der Waals surface area contributed by atoms with Gasteiger partial charge in [0.05, 0.1) is 0 Å². The molecule has 0 saturated carbocycles. The minimum Gasteiger partial charge on any atom is -0.368 e. The van der Waals surface area contributed by atoms with Crippen molar-refractivity contribution in [2.75, 3.05) is 11.1 Å². The molecule has 0 radical (unpaired) electrons. The monoisotopic (exact) mass is 274 g/mol. The standard InChI is InChI=1S/C6H3Cl2F3N4O/c7-2-1(3(8)15-5(12)14-2)13-4(16)6(9,10)11/h(H,13,16)(H2,12,14,15). The van der Waals surface area contributed by atoms with Crippen molar-refractivity contribution >= 4 is 40.7 Å². The van der Waals surface area contributed by atoms with Crippen molar-refractivity contribution in [1.82, 2.24) is 9.97 Å². The molecular weight excluding hydrogens is 272 g/mol. The molecule has 1 amide bonds. The number of aromatic nitrogens is 2. The molecule has 0 aromatic carbocycles. The predicted molar refractivity (Wildman–Crippen MR) is 51.1 cm³/mol. The lowest BCUT2D eigenvalue weighted by atomic mass is 10.5. The topological polar surface area (TPSA) is 80.9 Å². The molecule has 3 N–H and O–H groups in total. The molecule has 1 rings (SSSR count). The minimum atomic E-state index is -5.06. The highest BCUT2D eigenvalue weighted by molar-refractivity contribution is 6.38. The Morgan fingerprint density at radius 3 is 2.06 bits per heavy atom. The number of nitrogens with zero attached hydrogens (tertiary/aromatic N) is 2. The molecule has 10 heteroatoms.